The maximum Gasteiger partial charge on any atom is 0.240 e. The lowest BCUT2D eigenvalue weighted by Gasteiger charge is -2.18. The molecule has 0 bridgehead atoms. The standard InChI is InChI=1S/C27H31N5O2S/c1-20-10-12-23(13-11-20)35(33,34)30-17-16-29-25-18-22(14-15-28-25)24-19-32(27(2,3)4)31-26(24)21-8-6-5-7-9-21/h5-15,18-19,30H,16-17H2,1-4H3,(H,28,29). The van der Waals surface area contributed by atoms with Crippen molar-refractivity contribution in [3.8, 4) is 22.4 Å². The summed E-state index contributed by atoms with van der Waals surface area (Å²) in [5, 5.41) is 8.11. The number of sulfonamides is 1. The molecule has 8 heteroatoms. The van der Waals surface area contributed by atoms with Crippen molar-refractivity contribution in [2.45, 2.75) is 38.1 Å². The molecular formula is C27H31N5O2S. The van der Waals surface area contributed by atoms with Gasteiger partial charge in [-0.2, -0.15) is 5.10 Å². The third kappa shape index (κ3) is 5.96. The van der Waals surface area contributed by atoms with E-state index in [-0.39, 0.29) is 17.0 Å². The molecule has 0 fully saturated rings. The highest BCUT2D eigenvalue weighted by atomic mass is 32.2. The normalized spacial score (nSPS) is 12.0. The zero-order chi connectivity index (χ0) is 25.1. The first-order valence-corrected chi connectivity index (χ1v) is 13.0. The summed E-state index contributed by atoms with van der Waals surface area (Å²) in [5.74, 6) is 0.666. The summed E-state index contributed by atoms with van der Waals surface area (Å²) in [6.45, 7) is 8.92. The fourth-order valence-corrected chi connectivity index (χ4v) is 4.64. The summed E-state index contributed by atoms with van der Waals surface area (Å²) in [6.07, 6.45) is 3.81. The summed E-state index contributed by atoms with van der Waals surface area (Å²) in [5.41, 5.74) is 4.80. The Morgan fingerprint density at radius 2 is 1.63 bits per heavy atom. The van der Waals surface area contributed by atoms with E-state index in [2.05, 4.69) is 54.1 Å². The van der Waals surface area contributed by atoms with Gasteiger partial charge in [0.15, 0.2) is 0 Å². The number of pyridine rings is 1. The van der Waals surface area contributed by atoms with Crippen LogP contribution in [0.4, 0.5) is 5.82 Å². The molecule has 2 N–H and O–H groups in total. The van der Waals surface area contributed by atoms with Crippen LogP contribution in [0.3, 0.4) is 0 Å². The second-order valence-electron chi connectivity index (χ2n) is 9.44. The average molecular weight is 490 g/mol. The molecule has 182 valence electrons. The molecule has 0 aliphatic rings. The van der Waals surface area contributed by atoms with Crippen molar-refractivity contribution < 1.29 is 8.42 Å². The molecule has 35 heavy (non-hydrogen) atoms. The van der Waals surface area contributed by atoms with E-state index in [1.54, 1.807) is 30.5 Å². The lowest BCUT2D eigenvalue weighted by atomic mass is 10.0. The molecule has 4 rings (SSSR count). The highest BCUT2D eigenvalue weighted by Gasteiger charge is 2.20. The Balaban J connectivity index is 1.50. The molecule has 0 aliphatic carbocycles. The summed E-state index contributed by atoms with van der Waals surface area (Å²) >= 11 is 0. The van der Waals surface area contributed by atoms with E-state index in [1.165, 1.54) is 0 Å². The molecule has 0 spiro atoms. The van der Waals surface area contributed by atoms with Crippen molar-refractivity contribution in [2.75, 3.05) is 18.4 Å². The number of hydrogen-bond acceptors (Lipinski definition) is 5. The third-order valence-electron chi connectivity index (χ3n) is 5.57. The fraction of sp³-hybridized carbons (Fsp3) is 0.259. The predicted octanol–water partition coefficient (Wildman–Crippen LogP) is 5.07. The number of aromatic nitrogens is 3. The number of nitrogens with zero attached hydrogens (tertiary/aromatic N) is 3. The maximum absolute atomic E-state index is 12.5. The molecule has 2 aromatic carbocycles. The summed E-state index contributed by atoms with van der Waals surface area (Å²) in [4.78, 5) is 4.67. The van der Waals surface area contributed by atoms with Crippen molar-refractivity contribution in [1.82, 2.24) is 19.5 Å². The molecule has 2 heterocycles. The van der Waals surface area contributed by atoms with Crippen LogP contribution in [0.1, 0.15) is 26.3 Å². The van der Waals surface area contributed by atoms with Gasteiger partial charge in [0.2, 0.25) is 10.0 Å². The Labute approximate surface area is 207 Å². The van der Waals surface area contributed by atoms with Gasteiger partial charge in [-0.3, -0.25) is 4.68 Å². The van der Waals surface area contributed by atoms with Crippen molar-refractivity contribution in [1.29, 1.82) is 0 Å². The molecular weight excluding hydrogens is 458 g/mol. The van der Waals surface area contributed by atoms with Crippen molar-refractivity contribution in [3.63, 3.8) is 0 Å². The van der Waals surface area contributed by atoms with Gasteiger partial charge in [0.1, 0.15) is 11.5 Å². The van der Waals surface area contributed by atoms with Crippen molar-refractivity contribution in [2.24, 2.45) is 0 Å². The molecule has 0 aliphatic heterocycles. The molecule has 0 saturated heterocycles. The smallest absolute Gasteiger partial charge is 0.240 e. The lowest BCUT2D eigenvalue weighted by Crippen LogP contribution is -2.29. The first-order chi connectivity index (χ1) is 16.6. The summed E-state index contributed by atoms with van der Waals surface area (Å²) < 4.78 is 29.6. The Morgan fingerprint density at radius 1 is 0.914 bits per heavy atom. The highest BCUT2D eigenvalue weighted by Crippen LogP contribution is 2.33. The van der Waals surface area contributed by atoms with Crippen LogP contribution in [0.5, 0.6) is 0 Å². The predicted molar refractivity (Wildman–Crippen MR) is 141 cm³/mol. The SMILES string of the molecule is Cc1ccc(S(=O)(=O)NCCNc2cc(-c3cn(C(C)(C)C)nc3-c3ccccc3)ccn2)cc1. The number of benzene rings is 2. The Morgan fingerprint density at radius 3 is 2.31 bits per heavy atom. The second-order valence-corrected chi connectivity index (χ2v) is 11.2. The number of anilines is 1. The minimum Gasteiger partial charge on any atom is -0.369 e. The van der Waals surface area contributed by atoms with E-state index in [9.17, 15) is 8.42 Å². The van der Waals surface area contributed by atoms with Gasteiger partial charge >= 0.3 is 0 Å². The van der Waals surface area contributed by atoms with E-state index < -0.39 is 10.0 Å². The van der Waals surface area contributed by atoms with E-state index in [1.807, 2.05) is 41.9 Å². The van der Waals surface area contributed by atoms with Crippen LogP contribution in [-0.4, -0.2) is 36.3 Å². The summed E-state index contributed by atoms with van der Waals surface area (Å²) in [6, 6.07) is 20.8. The van der Waals surface area contributed by atoms with Gasteiger partial charge in [-0.1, -0.05) is 48.0 Å². The van der Waals surface area contributed by atoms with Gasteiger partial charge in [0.05, 0.1) is 10.4 Å². The average Bonchev–Trinajstić information content (AvgIpc) is 3.29. The molecule has 7 nitrogen and oxygen atoms in total. The molecule has 0 unspecified atom stereocenters. The summed E-state index contributed by atoms with van der Waals surface area (Å²) in [7, 11) is -3.55. The van der Waals surface area contributed by atoms with Crippen LogP contribution < -0.4 is 10.0 Å². The zero-order valence-corrected chi connectivity index (χ0v) is 21.3. The van der Waals surface area contributed by atoms with Crippen molar-refractivity contribution in [3.05, 3.63) is 84.7 Å². The molecule has 4 aromatic rings. The van der Waals surface area contributed by atoms with Gasteiger partial charge in [-0.15, -0.1) is 0 Å². The Bertz CT molecular complexity index is 1390. The maximum atomic E-state index is 12.5. The van der Waals surface area contributed by atoms with Crippen LogP contribution >= 0.6 is 0 Å². The van der Waals surface area contributed by atoms with Gasteiger partial charge in [0.25, 0.3) is 0 Å². The minimum absolute atomic E-state index is 0.162. The largest absolute Gasteiger partial charge is 0.369 e. The topological polar surface area (TPSA) is 88.9 Å². The number of hydrogen-bond donors (Lipinski definition) is 2. The van der Waals surface area contributed by atoms with E-state index in [0.29, 0.717) is 12.4 Å². The van der Waals surface area contributed by atoms with E-state index in [4.69, 9.17) is 5.10 Å². The highest BCUT2D eigenvalue weighted by molar-refractivity contribution is 7.89. The molecule has 0 amide bonds. The van der Waals surface area contributed by atoms with Crippen LogP contribution in [0, 0.1) is 6.92 Å². The Kier molecular flexibility index (Phi) is 7.05. The minimum atomic E-state index is -3.55. The van der Waals surface area contributed by atoms with Crippen LogP contribution in [-0.2, 0) is 15.6 Å². The van der Waals surface area contributed by atoms with Gasteiger partial charge in [0, 0.05) is 36.6 Å². The zero-order valence-electron chi connectivity index (χ0n) is 20.5. The molecule has 0 atom stereocenters. The molecule has 2 aromatic heterocycles. The monoisotopic (exact) mass is 489 g/mol. The van der Waals surface area contributed by atoms with E-state index in [0.717, 1.165) is 27.9 Å². The number of rotatable bonds is 8. The molecule has 0 saturated carbocycles. The number of aryl methyl sites for hydroxylation is 1. The Hall–Kier alpha value is -3.49. The van der Waals surface area contributed by atoms with E-state index >= 15 is 0 Å². The van der Waals surface area contributed by atoms with Crippen LogP contribution in [0.25, 0.3) is 22.4 Å². The quantitative estimate of drug-likeness (QED) is 0.338. The first-order valence-electron chi connectivity index (χ1n) is 11.6. The van der Waals surface area contributed by atoms with Crippen LogP contribution in [0.15, 0.2) is 84.0 Å². The lowest BCUT2D eigenvalue weighted by molar-refractivity contribution is 0.356. The van der Waals surface area contributed by atoms with Gasteiger partial charge < -0.3 is 5.32 Å². The first kappa shape index (κ1) is 24.6. The van der Waals surface area contributed by atoms with Gasteiger partial charge in [-0.25, -0.2) is 18.1 Å². The van der Waals surface area contributed by atoms with Crippen molar-refractivity contribution >= 4 is 15.8 Å². The van der Waals surface area contributed by atoms with Gasteiger partial charge in [-0.05, 0) is 57.5 Å². The number of nitrogens with one attached hydrogen (secondary N) is 2. The third-order valence-corrected chi connectivity index (χ3v) is 7.05. The van der Waals surface area contributed by atoms with Crippen LogP contribution in [0.2, 0.25) is 0 Å². The molecule has 0 radical (unpaired) electrons. The fourth-order valence-electron chi connectivity index (χ4n) is 3.61. The second kappa shape index (κ2) is 10.0.